The molecule has 17 heavy (non-hydrogen) atoms. The Hall–Kier alpha value is -0.200. The smallest absolute Gasteiger partial charge is 0.0991 e. The van der Waals surface area contributed by atoms with Gasteiger partial charge in [0, 0.05) is 19.1 Å². The first-order chi connectivity index (χ1) is 8.04. The fourth-order valence-electron chi connectivity index (χ4n) is 2.52. The van der Waals surface area contributed by atoms with Gasteiger partial charge in [0.25, 0.3) is 0 Å². The van der Waals surface area contributed by atoms with Gasteiger partial charge in [0.05, 0.1) is 24.9 Å². The SMILES string of the molecule is CCC(CC)CN1C[C@H](N)[C@@H](O)[C@H](O)[C@H]1CO. The quantitative estimate of drug-likeness (QED) is 0.507. The molecular formula is C12H26N2O3. The first kappa shape index (κ1) is 14.9. The van der Waals surface area contributed by atoms with E-state index in [-0.39, 0.29) is 6.61 Å². The Kier molecular flexibility index (Phi) is 5.82. The third-order valence-electron chi connectivity index (χ3n) is 3.93. The van der Waals surface area contributed by atoms with Gasteiger partial charge in [0.1, 0.15) is 0 Å². The maximum absolute atomic E-state index is 9.90. The largest absolute Gasteiger partial charge is 0.395 e. The van der Waals surface area contributed by atoms with Crippen molar-refractivity contribution in [2.24, 2.45) is 11.7 Å². The van der Waals surface area contributed by atoms with Crippen LogP contribution in [0.4, 0.5) is 0 Å². The van der Waals surface area contributed by atoms with Crippen LogP contribution in [0.15, 0.2) is 0 Å². The fraction of sp³-hybridized carbons (Fsp3) is 1.00. The first-order valence-electron chi connectivity index (χ1n) is 6.51. The second kappa shape index (κ2) is 6.66. The predicted octanol–water partition coefficient (Wildman–Crippen LogP) is -0.852. The Morgan fingerprint density at radius 1 is 1.24 bits per heavy atom. The Balaban J connectivity index is 2.68. The fourth-order valence-corrected chi connectivity index (χ4v) is 2.52. The molecule has 1 heterocycles. The molecule has 0 spiro atoms. The van der Waals surface area contributed by atoms with E-state index >= 15 is 0 Å². The predicted molar refractivity (Wildman–Crippen MR) is 66.5 cm³/mol. The van der Waals surface area contributed by atoms with E-state index in [0.717, 1.165) is 19.4 Å². The zero-order valence-corrected chi connectivity index (χ0v) is 10.8. The van der Waals surface area contributed by atoms with Crippen molar-refractivity contribution in [1.82, 2.24) is 4.90 Å². The van der Waals surface area contributed by atoms with E-state index in [1.165, 1.54) is 0 Å². The molecule has 0 bridgehead atoms. The molecular weight excluding hydrogens is 220 g/mol. The van der Waals surface area contributed by atoms with Crippen molar-refractivity contribution in [3.63, 3.8) is 0 Å². The minimum absolute atomic E-state index is 0.148. The Morgan fingerprint density at radius 2 is 1.82 bits per heavy atom. The van der Waals surface area contributed by atoms with Crippen molar-refractivity contribution < 1.29 is 15.3 Å². The second-order valence-electron chi connectivity index (χ2n) is 5.03. The second-order valence-corrected chi connectivity index (χ2v) is 5.03. The number of nitrogens with two attached hydrogens (primary N) is 1. The maximum Gasteiger partial charge on any atom is 0.0991 e. The van der Waals surface area contributed by atoms with Crippen molar-refractivity contribution in [3.8, 4) is 0 Å². The molecule has 0 aromatic heterocycles. The summed E-state index contributed by atoms with van der Waals surface area (Å²) in [6.07, 6.45) is 0.237. The average molecular weight is 246 g/mol. The molecule has 0 unspecified atom stereocenters. The molecule has 102 valence electrons. The molecule has 0 saturated carbocycles. The molecule has 0 aromatic rings. The molecule has 1 rings (SSSR count). The lowest BCUT2D eigenvalue weighted by atomic mass is 9.91. The third kappa shape index (κ3) is 3.39. The standard InChI is InChI=1S/C12H26N2O3/c1-3-8(4-2)5-14-6-9(13)11(16)12(17)10(14)7-15/h8-12,15-17H,3-7,13H2,1-2H3/t9-,10+,11+,12+/m0/s1. The van der Waals surface area contributed by atoms with Gasteiger partial charge in [-0.05, 0) is 5.92 Å². The summed E-state index contributed by atoms with van der Waals surface area (Å²) in [6.45, 7) is 5.47. The lowest BCUT2D eigenvalue weighted by Gasteiger charge is -2.44. The number of aliphatic hydroxyl groups is 3. The first-order valence-corrected chi connectivity index (χ1v) is 6.51. The van der Waals surface area contributed by atoms with Gasteiger partial charge in [-0.2, -0.15) is 0 Å². The summed E-state index contributed by atoms with van der Waals surface area (Å²) in [6, 6.07) is -0.840. The number of nitrogens with zero attached hydrogens (tertiary/aromatic N) is 1. The lowest BCUT2D eigenvalue weighted by molar-refractivity contribution is -0.102. The molecule has 0 radical (unpaired) electrons. The molecule has 0 amide bonds. The zero-order chi connectivity index (χ0) is 13.0. The highest BCUT2D eigenvalue weighted by Crippen LogP contribution is 2.21. The van der Waals surface area contributed by atoms with Gasteiger partial charge in [0.2, 0.25) is 0 Å². The van der Waals surface area contributed by atoms with Crippen molar-refractivity contribution in [2.45, 2.75) is 51.0 Å². The van der Waals surface area contributed by atoms with Crippen LogP contribution in [0.1, 0.15) is 26.7 Å². The number of hydrogen-bond donors (Lipinski definition) is 4. The van der Waals surface area contributed by atoms with E-state index < -0.39 is 24.3 Å². The number of piperidine rings is 1. The lowest BCUT2D eigenvalue weighted by Crippen LogP contribution is -2.65. The number of aliphatic hydroxyl groups excluding tert-OH is 3. The van der Waals surface area contributed by atoms with Gasteiger partial charge in [-0.1, -0.05) is 26.7 Å². The minimum Gasteiger partial charge on any atom is -0.395 e. The summed E-state index contributed by atoms with van der Waals surface area (Å²) in [5.74, 6) is 0.540. The van der Waals surface area contributed by atoms with Gasteiger partial charge >= 0.3 is 0 Å². The van der Waals surface area contributed by atoms with Crippen LogP contribution >= 0.6 is 0 Å². The van der Waals surface area contributed by atoms with Crippen LogP contribution in [0.3, 0.4) is 0 Å². The molecule has 4 atom stereocenters. The molecule has 0 aromatic carbocycles. The van der Waals surface area contributed by atoms with Crippen LogP contribution in [0, 0.1) is 5.92 Å². The van der Waals surface area contributed by atoms with Gasteiger partial charge in [-0.3, -0.25) is 4.90 Å². The summed E-state index contributed by atoms with van der Waals surface area (Å²) in [5.41, 5.74) is 5.80. The van der Waals surface area contributed by atoms with Crippen LogP contribution in [0.2, 0.25) is 0 Å². The summed E-state index contributed by atoms with van der Waals surface area (Å²) in [4.78, 5) is 2.01. The van der Waals surface area contributed by atoms with E-state index in [4.69, 9.17) is 5.73 Å². The molecule has 1 aliphatic rings. The van der Waals surface area contributed by atoms with Crippen molar-refractivity contribution in [3.05, 3.63) is 0 Å². The molecule has 5 nitrogen and oxygen atoms in total. The van der Waals surface area contributed by atoms with Gasteiger partial charge < -0.3 is 21.1 Å². The van der Waals surface area contributed by atoms with Gasteiger partial charge in [-0.15, -0.1) is 0 Å². The van der Waals surface area contributed by atoms with Crippen LogP contribution in [0.25, 0.3) is 0 Å². The minimum atomic E-state index is -0.960. The Bertz CT molecular complexity index is 224. The van der Waals surface area contributed by atoms with Crippen LogP contribution in [0.5, 0.6) is 0 Å². The molecule has 5 N–H and O–H groups in total. The third-order valence-corrected chi connectivity index (χ3v) is 3.93. The van der Waals surface area contributed by atoms with E-state index in [9.17, 15) is 15.3 Å². The van der Waals surface area contributed by atoms with Crippen LogP contribution < -0.4 is 5.73 Å². The summed E-state index contributed by atoms with van der Waals surface area (Å²) >= 11 is 0. The maximum atomic E-state index is 9.90. The van der Waals surface area contributed by atoms with Crippen molar-refractivity contribution >= 4 is 0 Å². The van der Waals surface area contributed by atoms with Gasteiger partial charge in [-0.25, -0.2) is 0 Å². The highest BCUT2D eigenvalue weighted by atomic mass is 16.3. The van der Waals surface area contributed by atoms with E-state index in [0.29, 0.717) is 12.5 Å². The summed E-state index contributed by atoms with van der Waals surface area (Å²) < 4.78 is 0. The van der Waals surface area contributed by atoms with Crippen molar-refractivity contribution in [2.75, 3.05) is 19.7 Å². The highest BCUT2D eigenvalue weighted by Gasteiger charge is 2.40. The topological polar surface area (TPSA) is 90.0 Å². The summed E-state index contributed by atoms with van der Waals surface area (Å²) in [7, 11) is 0. The molecule has 1 aliphatic heterocycles. The normalized spacial score (nSPS) is 35.5. The highest BCUT2D eigenvalue weighted by molar-refractivity contribution is 4.96. The number of rotatable bonds is 5. The van der Waals surface area contributed by atoms with Crippen LogP contribution in [-0.2, 0) is 0 Å². The van der Waals surface area contributed by atoms with E-state index in [1.807, 2.05) is 4.90 Å². The number of hydrogen-bond acceptors (Lipinski definition) is 5. The van der Waals surface area contributed by atoms with Gasteiger partial charge in [0.15, 0.2) is 0 Å². The summed E-state index contributed by atoms with van der Waals surface area (Å²) in [5, 5.41) is 28.9. The molecule has 1 saturated heterocycles. The Labute approximate surface area is 103 Å². The number of likely N-dealkylation sites (tertiary alicyclic amines) is 1. The monoisotopic (exact) mass is 246 g/mol. The van der Waals surface area contributed by atoms with Crippen LogP contribution in [-0.4, -0.2) is 64.2 Å². The molecule has 1 fully saturated rings. The zero-order valence-electron chi connectivity index (χ0n) is 10.8. The van der Waals surface area contributed by atoms with Crippen molar-refractivity contribution in [1.29, 1.82) is 0 Å². The Morgan fingerprint density at radius 3 is 2.29 bits per heavy atom. The molecule has 5 heteroatoms. The molecule has 0 aliphatic carbocycles. The average Bonchev–Trinajstić information content (AvgIpc) is 2.33. The van der Waals surface area contributed by atoms with E-state index in [2.05, 4.69) is 13.8 Å². The van der Waals surface area contributed by atoms with E-state index in [1.54, 1.807) is 0 Å².